The van der Waals surface area contributed by atoms with E-state index in [4.69, 9.17) is 10.5 Å². The quantitative estimate of drug-likeness (QED) is 0.638. The fourth-order valence-corrected chi connectivity index (χ4v) is 2.74. The minimum atomic E-state index is 0.707. The van der Waals surface area contributed by atoms with Crippen LogP contribution >= 0.6 is 0 Å². The number of nitrogen functional groups attached to an aromatic ring is 1. The Hall–Kier alpha value is -1.26. The van der Waals surface area contributed by atoms with Gasteiger partial charge in [-0.3, -0.25) is 0 Å². The van der Waals surface area contributed by atoms with Crippen LogP contribution in [0.3, 0.4) is 0 Å². The maximum absolute atomic E-state index is 5.74. The second-order valence-corrected chi connectivity index (χ2v) is 5.83. The number of nitrogens with two attached hydrogens (primary N) is 1. The molecule has 112 valence electrons. The lowest BCUT2D eigenvalue weighted by molar-refractivity contribution is 0.127. The zero-order valence-electron chi connectivity index (χ0n) is 12.7. The molecule has 0 amide bonds. The fourth-order valence-electron chi connectivity index (χ4n) is 2.74. The molecule has 0 radical (unpaired) electrons. The van der Waals surface area contributed by atoms with E-state index in [-0.39, 0.29) is 0 Å². The van der Waals surface area contributed by atoms with Gasteiger partial charge in [-0.15, -0.1) is 0 Å². The molecule has 0 aliphatic carbocycles. The summed E-state index contributed by atoms with van der Waals surface area (Å²) in [6.45, 7) is 4.28. The second kappa shape index (κ2) is 7.50. The number of hydrogen-bond donors (Lipinski definition) is 1. The summed E-state index contributed by atoms with van der Waals surface area (Å²) in [4.78, 5) is 4.90. The molecule has 1 aliphatic rings. The van der Waals surface area contributed by atoms with Crippen molar-refractivity contribution < 1.29 is 4.74 Å². The molecule has 1 atom stereocenters. The lowest BCUT2D eigenvalue weighted by atomic mass is 10.0. The maximum Gasteiger partial charge on any atom is 0.121 e. The topological polar surface area (TPSA) is 41.7 Å². The van der Waals surface area contributed by atoms with Crippen molar-refractivity contribution in [3.63, 3.8) is 0 Å². The third-order valence-corrected chi connectivity index (χ3v) is 3.96. The van der Waals surface area contributed by atoms with E-state index < -0.39 is 0 Å². The van der Waals surface area contributed by atoms with Gasteiger partial charge in [-0.25, -0.2) is 0 Å². The fraction of sp³-hybridized carbons (Fsp3) is 0.625. The zero-order chi connectivity index (χ0) is 14.4. The number of hydrogen-bond acceptors (Lipinski definition) is 4. The van der Waals surface area contributed by atoms with Gasteiger partial charge in [0, 0.05) is 30.9 Å². The average Bonchev–Trinajstić information content (AvgIpc) is 2.44. The van der Waals surface area contributed by atoms with Crippen molar-refractivity contribution in [2.45, 2.75) is 25.3 Å². The molecule has 0 spiro atoms. The summed E-state index contributed by atoms with van der Waals surface area (Å²) in [6, 6.07) is 8.35. The highest BCUT2D eigenvalue weighted by atomic mass is 16.5. The lowest BCUT2D eigenvalue weighted by Crippen LogP contribution is -2.45. The normalized spacial score (nSPS) is 20.2. The van der Waals surface area contributed by atoms with Gasteiger partial charge in [-0.2, -0.15) is 0 Å². The van der Waals surface area contributed by atoms with Gasteiger partial charge in [0.2, 0.25) is 0 Å². The number of likely N-dealkylation sites (N-methyl/N-ethyl adjacent to an activating group) is 1. The van der Waals surface area contributed by atoms with Crippen molar-refractivity contribution >= 4 is 5.69 Å². The van der Waals surface area contributed by atoms with Crippen LogP contribution in [0.15, 0.2) is 24.3 Å². The highest BCUT2D eigenvalue weighted by Crippen LogP contribution is 2.16. The zero-order valence-corrected chi connectivity index (χ0v) is 12.7. The van der Waals surface area contributed by atoms with Crippen LogP contribution < -0.4 is 10.5 Å². The summed E-state index contributed by atoms with van der Waals surface area (Å²) in [5.74, 6) is 0.870. The van der Waals surface area contributed by atoms with Gasteiger partial charge in [0.05, 0.1) is 6.61 Å². The minimum absolute atomic E-state index is 0.707. The summed E-state index contributed by atoms with van der Waals surface area (Å²) in [6.07, 6.45) is 3.69. The van der Waals surface area contributed by atoms with Crippen LogP contribution in [0.2, 0.25) is 0 Å². The van der Waals surface area contributed by atoms with Gasteiger partial charge in [0.25, 0.3) is 0 Å². The van der Waals surface area contributed by atoms with Crippen molar-refractivity contribution in [3.05, 3.63) is 24.3 Å². The average molecular weight is 277 g/mol. The first-order valence-corrected chi connectivity index (χ1v) is 7.52. The molecule has 0 saturated carbocycles. The molecular weight excluding hydrogens is 250 g/mol. The monoisotopic (exact) mass is 277 g/mol. The van der Waals surface area contributed by atoms with Crippen LogP contribution in [0.5, 0.6) is 5.75 Å². The summed E-state index contributed by atoms with van der Waals surface area (Å²) < 4.78 is 5.74. The molecule has 1 fully saturated rings. The molecule has 1 aliphatic heterocycles. The summed E-state index contributed by atoms with van der Waals surface area (Å²) in [5, 5.41) is 0. The van der Waals surface area contributed by atoms with Gasteiger partial charge in [-0.1, -0.05) is 6.07 Å². The molecule has 2 rings (SSSR count). The molecule has 1 saturated heterocycles. The van der Waals surface area contributed by atoms with Crippen molar-refractivity contribution in [1.29, 1.82) is 0 Å². The molecule has 2 N–H and O–H groups in total. The predicted octanol–water partition coefficient (Wildman–Crippen LogP) is 2.06. The summed E-state index contributed by atoms with van der Waals surface area (Å²) in [5.41, 5.74) is 6.49. The minimum Gasteiger partial charge on any atom is -0.493 e. The third kappa shape index (κ3) is 4.69. The number of anilines is 1. The lowest BCUT2D eigenvalue weighted by Gasteiger charge is -2.36. The van der Waals surface area contributed by atoms with E-state index in [1.54, 1.807) is 0 Å². The van der Waals surface area contributed by atoms with Gasteiger partial charge >= 0.3 is 0 Å². The second-order valence-electron chi connectivity index (χ2n) is 5.83. The van der Waals surface area contributed by atoms with Crippen LogP contribution in [0.4, 0.5) is 5.69 Å². The van der Waals surface area contributed by atoms with E-state index in [1.807, 2.05) is 24.3 Å². The van der Waals surface area contributed by atoms with Gasteiger partial charge < -0.3 is 20.3 Å². The standard InChI is InChI=1S/C16H27N3O/c1-18(2)15-7-4-9-19(13-15)10-5-11-20-16-8-3-6-14(17)12-16/h3,6,8,12,15H,4-5,7,9-11,13,17H2,1-2H3. The first kappa shape index (κ1) is 15.1. The smallest absolute Gasteiger partial charge is 0.121 e. The maximum atomic E-state index is 5.74. The number of likely N-dealkylation sites (tertiary alicyclic amines) is 1. The molecule has 1 aromatic rings. The Kier molecular flexibility index (Phi) is 5.68. The van der Waals surface area contributed by atoms with Crippen LogP contribution in [-0.4, -0.2) is 56.2 Å². The molecule has 4 heteroatoms. The van der Waals surface area contributed by atoms with Gasteiger partial charge in [0.15, 0.2) is 0 Å². The molecule has 0 bridgehead atoms. The Morgan fingerprint density at radius 3 is 3.00 bits per heavy atom. The van der Waals surface area contributed by atoms with Crippen LogP contribution in [-0.2, 0) is 0 Å². The number of ether oxygens (including phenoxy) is 1. The van der Waals surface area contributed by atoms with Crippen molar-refractivity contribution in [3.8, 4) is 5.75 Å². The molecule has 1 unspecified atom stereocenters. The van der Waals surface area contributed by atoms with Crippen LogP contribution in [0.1, 0.15) is 19.3 Å². The predicted molar refractivity (Wildman–Crippen MR) is 84.1 cm³/mol. The third-order valence-electron chi connectivity index (χ3n) is 3.96. The van der Waals surface area contributed by atoms with E-state index in [0.29, 0.717) is 6.04 Å². The largest absolute Gasteiger partial charge is 0.493 e. The molecule has 0 aromatic heterocycles. The van der Waals surface area contributed by atoms with E-state index in [0.717, 1.165) is 31.0 Å². The highest BCUT2D eigenvalue weighted by molar-refractivity contribution is 5.43. The Bertz CT molecular complexity index is 408. The van der Waals surface area contributed by atoms with Gasteiger partial charge in [0.1, 0.15) is 5.75 Å². The van der Waals surface area contributed by atoms with Crippen molar-refractivity contribution in [2.75, 3.05) is 46.1 Å². The Balaban J connectivity index is 1.66. The first-order chi connectivity index (χ1) is 9.65. The van der Waals surface area contributed by atoms with Crippen LogP contribution in [0, 0.1) is 0 Å². The van der Waals surface area contributed by atoms with Gasteiger partial charge in [-0.05, 0) is 52.0 Å². The number of piperidine rings is 1. The van der Waals surface area contributed by atoms with Crippen molar-refractivity contribution in [1.82, 2.24) is 9.80 Å². The van der Waals surface area contributed by atoms with E-state index in [9.17, 15) is 0 Å². The number of nitrogens with zero attached hydrogens (tertiary/aromatic N) is 2. The SMILES string of the molecule is CN(C)C1CCCN(CCCOc2cccc(N)c2)C1. The van der Waals surface area contributed by atoms with Crippen LogP contribution in [0.25, 0.3) is 0 Å². The van der Waals surface area contributed by atoms with E-state index >= 15 is 0 Å². The number of rotatable bonds is 6. The Labute approximate surface area is 122 Å². The first-order valence-electron chi connectivity index (χ1n) is 7.52. The van der Waals surface area contributed by atoms with E-state index in [1.165, 1.54) is 25.9 Å². The van der Waals surface area contributed by atoms with E-state index in [2.05, 4.69) is 23.9 Å². The molecular formula is C16H27N3O. The molecule has 4 nitrogen and oxygen atoms in total. The van der Waals surface area contributed by atoms with Crippen molar-refractivity contribution in [2.24, 2.45) is 0 Å². The molecule has 1 heterocycles. The highest BCUT2D eigenvalue weighted by Gasteiger charge is 2.20. The summed E-state index contributed by atoms with van der Waals surface area (Å²) in [7, 11) is 4.36. The Morgan fingerprint density at radius 1 is 1.40 bits per heavy atom. The number of benzene rings is 1. The summed E-state index contributed by atoms with van der Waals surface area (Å²) >= 11 is 0. The Morgan fingerprint density at radius 2 is 2.25 bits per heavy atom. The molecule has 1 aromatic carbocycles. The molecule has 20 heavy (non-hydrogen) atoms.